The Morgan fingerprint density at radius 3 is 2.65 bits per heavy atom. The minimum Gasteiger partial charge on any atom is -0.382 e. The predicted molar refractivity (Wildman–Crippen MR) is 134 cm³/mol. The van der Waals surface area contributed by atoms with Crippen LogP contribution >= 0.6 is 0 Å². The summed E-state index contributed by atoms with van der Waals surface area (Å²) in [7, 11) is 1.74. The topological polar surface area (TPSA) is 47.0 Å². The van der Waals surface area contributed by atoms with Crippen LogP contribution in [0.1, 0.15) is 41.5 Å². The quantitative estimate of drug-likeness (QED) is 0.339. The second-order valence-electron chi connectivity index (χ2n) is 8.84. The lowest BCUT2D eigenvalue weighted by Gasteiger charge is -2.27. The zero-order valence-corrected chi connectivity index (χ0v) is 19.5. The molecule has 0 radical (unpaired) electrons. The molecule has 4 nitrogen and oxygen atoms in total. The van der Waals surface area contributed by atoms with Crippen molar-refractivity contribution in [3.63, 3.8) is 0 Å². The number of anilines is 2. The van der Waals surface area contributed by atoms with E-state index in [-0.39, 0.29) is 17.8 Å². The van der Waals surface area contributed by atoms with Crippen molar-refractivity contribution in [2.24, 2.45) is 0 Å². The van der Waals surface area contributed by atoms with Crippen molar-refractivity contribution in [3.8, 4) is 11.3 Å². The molecule has 3 aromatic carbocycles. The number of benzene rings is 3. The normalized spacial score (nSPS) is 15.3. The van der Waals surface area contributed by atoms with E-state index in [1.165, 1.54) is 11.6 Å². The van der Waals surface area contributed by atoms with Crippen LogP contribution in [0.2, 0.25) is 0 Å². The van der Waals surface area contributed by atoms with Gasteiger partial charge in [-0.3, -0.25) is 0 Å². The Hall–Kier alpha value is -3.57. The molecule has 4 aromatic rings. The van der Waals surface area contributed by atoms with Gasteiger partial charge in [0.15, 0.2) is 0 Å². The number of aromatic nitrogens is 2. The molecule has 0 fully saturated rings. The number of nitrogens with zero attached hydrogens (tertiary/aromatic N) is 2. The highest BCUT2D eigenvalue weighted by molar-refractivity contribution is 5.73. The molecule has 0 unspecified atom stereocenters. The van der Waals surface area contributed by atoms with Crippen LogP contribution in [-0.2, 0) is 17.6 Å². The number of aryl methyl sites for hydroxylation is 1. The Morgan fingerprint density at radius 1 is 1.03 bits per heavy atom. The van der Waals surface area contributed by atoms with Gasteiger partial charge in [-0.15, -0.1) is 0 Å². The van der Waals surface area contributed by atoms with Crippen LogP contribution in [-0.4, -0.2) is 23.2 Å². The molecule has 5 rings (SSSR count). The summed E-state index contributed by atoms with van der Waals surface area (Å²) in [5, 5.41) is 3.37. The molecule has 0 saturated carbocycles. The fraction of sp³-hybridized carbons (Fsp3) is 0.241. The monoisotopic (exact) mass is 453 g/mol. The summed E-state index contributed by atoms with van der Waals surface area (Å²) >= 11 is 0. The largest absolute Gasteiger partial charge is 0.382 e. The van der Waals surface area contributed by atoms with Crippen LogP contribution < -0.4 is 5.32 Å². The first-order valence-electron chi connectivity index (χ1n) is 11.7. The molecular formula is C29H28FN3O. The van der Waals surface area contributed by atoms with Gasteiger partial charge in [-0.2, -0.15) is 0 Å². The Morgan fingerprint density at radius 2 is 1.82 bits per heavy atom. The summed E-state index contributed by atoms with van der Waals surface area (Å²) in [6.07, 6.45) is 4.68. The second kappa shape index (κ2) is 9.74. The lowest BCUT2D eigenvalue weighted by Crippen LogP contribution is -2.16. The number of methoxy groups -OCH3 is 1. The Bertz CT molecular complexity index is 1310. The average molecular weight is 454 g/mol. The van der Waals surface area contributed by atoms with E-state index >= 15 is 0 Å². The summed E-state index contributed by atoms with van der Waals surface area (Å²) in [5.74, 6) is 0.323. The van der Waals surface area contributed by atoms with Crippen molar-refractivity contribution in [1.29, 1.82) is 0 Å². The lowest BCUT2D eigenvalue weighted by molar-refractivity contribution is 0.111. The summed E-state index contributed by atoms with van der Waals surface area (Å²) in [4.78, 5) is 9.47. The van der Waals surface area contributed by atoms with E-state index in [1.807, 2.05) is 42.6 Å². The zero-order valence-electron chi connectivity index (χ0n) is 19.5. The molecule has 2 atom stereocenters. The maximum Gasteiger partial charge on any atom is 0.227 e. The standard InChI is InChI=1S/C29H28FN3O/c1-19(34-2)14-15-20-8-7-9-22(16-20)32-29-31-18-21-17-26(24-11-5-6-13-27(24)30)23-10-3-4-12-25(23)28(21)33-29/h3-13,16,18-19,26H,14-15,17H2,1-2H3,(H,31,32,33)/t19-,26-/m1/s1. The smallest absolute Gasteiger partial charge is 0.227 e. The van der Waals surface area contributed by atoms with Crippen molar-refractivity contribution in [3.05, 3.63) is 107 Å². The van der Waals surface area contributed by atoms with Gasteiger partial charge in [0, 0.05) is 30.5 Å². The highest BCUT2D eigenvalue weighted by Gasteiger charge is 2.28. The zero-order chi connectivity index (χ0) is 23.5. The van der Waals surface area contributed by atoms with Crippen molar-refractivity contribution >= 4 is 11.6 Å². The van der Waals surface area contributed by atoms with E-state index in [2.05, 4.69) is 41.5 Å². The van der Waals surface area contributed by atoms with E-state index in [0.29, 0.717) is 17.9 Å². The molecule has 5 heteroatoms. The van der Waals surface area contributed by atoms with Crippen LogP contribution in [0.5, 0.6) is 0 Å². The highest BCUT2D eigenvalue weighted by atomic mass is 19.1. The van der Waals surface area contributed by atoms with Crippen LogP contribution in [0.15, 0.2) is 79.0 Å². The number of halogens is 1. The van der Waals surface area contributed by atoms with Gasteiger partial charge in [0.05, 0.1) is 11.8 Å². The maximum absolute atomic E-state index is 14.7. The van der Waals surface area contributed by atoms with Gasteiger partial charge >= 0.3 is 0 Å². The van der Waals surface area contributed by atoms with Gasteiger partial charge in [0.25, 0.3) is 0 Å². The second-order valence-corrected chi connectivity index (χ2v) is 8.84. The van der Waals surface area contributed by atoms with E-state index in [9.17, 15) is 4.39 Å². The molecule has 1 N–H and O–H groups in total. The van der Waals surface area contributed by atoms with Gasteiger partial charge in [0.2, 0.25) is 5.95 Å². The fourth-order valence-electron chi connectivity index (χ4n) is 4.65. The Balaban J connectivity index is 1.43. The van der Waals surface area contributed by atoms with Crippen molar-refractivity contribution in [1.82, 2.24) is 9.97 Å². The van der Waals surface area contributed by atoms with E-state index in [0.717, 1.165) is 40.9 Å². The van der Waals surface area contributed by atoms with Gasteiger partial charge in [-0.1, -0.05) is 54.6 Å². The lowest BCUT2D eigenvalue weighted by atomic mass is 9.78. The molecule has 1 heterocycles. The van der Waals surface area contributed by atoms with E-state index < -0.39 is 0 Å². The number of ether oxygens (including phenoxy) is 1. The highest BCUT2D eigenvalue weighted by Crippen LogP contribution is 2.42. The number of hydrogen-bond acceptors (Lipinski definition) is 4. The molecule has 0 spiro atoms. The molecule has 0 amide bonds. The first kappa shape index (κ1) is 22.2. The van der Waals surface area contributed by atoms with Crippen LogP contribution in [0.4, 0.5) is 16.0 Å². The summed E-state index contributed by atoms with van der Waals surface area (Å²) < 4.78 is 20.0. The van der Waals surface area contributed by atoms with E-state index in [4.69, 9.17) is 9.72 Å². The van der Waals surface area contributed by atoms with Crippen molar-refractivity contribution in [2.45, 2.75) is 38.2 Å². The number of hydrogen-bond donors (Lipinski definition) is 1. The van der Waals surface area contributed by atoms with Crippen LogP contribution in [0.25, 0.3) is 11.3 Å². The molecular weight excluding hydrogens is 425 g/mol. The van der Waals surface area contributed by atoms with Crippen molar-refractivity contribution in [2.75, 3.05) is 12.4 Å². The Kier molecular flexibility index (Phi) is 6.37. The molecule has 0 aliphatic heterocycles. The number of nitrogens with one attached hydrogen (secondary N) is 1. The van der Waals surface area contributed by atoms with E-state index in [1.54, 1.807) is 13.2 Å². The number of rotatable bonds is 7. The molecule has 34 heavy (non-hydrogen) atoms. The summed E-state index contributed by atoms with van der Waals surface area (Å²) in [6, 6.07) is 23.5. The SMILES string of the molecule is CO[C@H](C)CCc1cccc(Nc2ncc3c(n2)-c2ccccc2[C@H](c2ccccc2F)C3)c1. The first-order valence-corrected chi connectivity index (χ1v) is 11.7. The minimum atomic E-state index is -0.176. The van der Waals surface area contributed by atoms with Crippen LogP contribution in [0, 0.1) is 5.82 Å². The molecule has 0 bridgehead atoms. The van der Waals surface area contributed by atoms with Crippen LogP contribution in [0.3, 0.4) is 0 Å². The fourth-order valence-corrected chi connectivity index (χ4v) is 4.65. The first-order chi connectivity index (χ1) is 16.6. The number of fused-ring (bicyclic) bond motifs is 3. The third-order valence-corrected chi connectivity index (χ3v) is 6.59. The van der Waals surface area contributed by atoms with Gasteiger partial charge in [-0.05, 0) is 66.6 Å². The summed E-state index contributed by atoms with van der Waals surface area (Å²) in [5.41, 5.74) is 6.97. The molecule has 1 aromatic heterocycles. The molecule has 1 aliphatic rings. The van der Waals surface area contributed by atoms with Gasteiger partial charge in [0.1, 0.15) is 5.82 Å². The third-order valence-electron chi connectivity index (χ3n) is 6.59. The summed E-state index contributed by atoms with van der Waals surface area (Å²) in [6.45, 7) is 2.08. The molecule has 172 valence electrons. The van der Waals surface area contributed by atoms with Gasteiger partial charge in [-0.25, -0.2) is 14.4 Å². The Labute approximate surface area is 199 Å². The van der Waals surface area contributed by atoms with Crippen molar-refractivity contribution < 1.29 is 9.13 Å². The predicted octanol–water partition coefficient (Wildman–Crippen LogP) is 6.68. The maximum atomic E-state index is 14.7. The molecule has 1 aliphatic carbocycles. The third kappa shape index (κ3) is 4.57. The average Bonchev–Trinajstić information content (AvgIpc) is 2.87. The molecule has 0 saturated heterocycles. The van der Waals surface area contributed by atoms with Gasteiger partial charge < -0.3 is 10.1 Å². The minimum absolute atomic E-state index is 0.0570.